The largest absolute Gasteiger partial charge is 0.483 e. The normalized spacial score (nSPS) is 12.1. The van der Waals surface area contributed by atoms with Crippen molar-refractivity contribution in [2.24, 2.45) is 0 Å². The number of hydrogen-bond donors (Lipinski definition) is 1. The molecule has 0 radical (unpaired) electrons. The molecule has 0 aliphatic heterocycles. The molecule has 2 aromatic rings. The fraction of sp³-hybridized carbons (Fsp3) is 0.381. The van der Waals surface area contributed by atoms with Gasteiger partial charge in [0.2, 0.25) is 0 Å². The highest BCUT2D eigenvalue weighted by Crippen LogP contribution is 2.25. The summed E-state index contributed by atoms with van der Waals surface area (Å²) in [6.07, 6.45) is 0. The number of benzene rings is 2. The zero-order valence-electron chi connectivity index (χ0n) is 15.2. The summed E-state index contributed by atoms with van der Waals surface area (Å²) < 4.78 is 5.74. The number of nitrogens with one attached hydrogen (secondary N) is 1. The molecule has 0 aliphatic rings. The fourth-order valence-corrected chi connectivity index (χ4v) is 2.82. The first-order chi connectivity index (χ1) is 11.4. The van der Waals surface area contributed by atoms with Gasteiger partial charge in [-0.15, -0.1) is 0 Å². The van der Waals surface area contributed by atoms with Crippen molar-refractivity contribution in [3.8, 4) is 5.75 Å². The zero-order chi connectivity index (χ0) is 17.7. The number of hydrogen-bond acceptors (Lipinski definition) is 2. The number of amides is 1. The Bertz CT molecular complexity index is 707. The molecule has 24 heavy (non-hydrogen) atoms. The maximum absolute atomic E-state index is 12.2. The SMILES string of the molecule is Cc1ccc(C)c(C(C)NC(=O)COc2ccccc2C(C)C)c1. The number of carbonyl (C=O) groups excluding carboxylic acids is 1. The second-order valence-electron chi connectivity index (χ2n) is 6.63. The van der Waals surface area contributed by atoms with E-state index in [1.165, 1.54) is 11.1 Å². The number of para-hydroxylation sites is 1. The lowest BCUT2D eigenvalue weighted by Crippen LogP contribution is -2.31. The molecular formula is C21H27NO2. The van der Waals surface area contributed by atoms with Gasteiger partial charge in [-0.05, 0) is 49.4 Å². The molecule has 0 spiro atoms. The summed E-state index contributed by atoms with van der Waals surface area (Å²) >= 11 is 0. The molecule has 1 N–H and O–H groups in total. The van der Waals surface area contributed by atoms with Gasteiger partial charge in [0.1, 0.15) is 5.75 Å². The Hall–Kier alpha value is -2.29. The summed E-state index contributed by atoms with van der Waals surface area (Å²) in [6.45, 7) is 10.4. The van der Waals surface area contributed by atoms with Crippen molar-refractivity contribution in [2.75, 3.05) is 6.61 Å². The van der Waals surface area contributed by atoms with Crippen LogP contribution in [0, 0.1) is 13.8 Å². The fourth-order valence-electron chi connectivity index (χ4n) is 2.82. The van der Waals surface area contributed by atoms with Crippen LogP contribution in [0.3, 0.4) is 0 Å². The van der Waals surface area contributed by atoms with Crippen LogP contribution in [-0.4, -0.2) is 12.5 Å². The minimum Gasteiger partial charge on any atom is -0.483 e. The Labute approximate surface area is 145 Å². The Balaban J connectivity index is 1.98. The highest BCUT2D eigenvalue weighted by atomic mass is 16.5. The van der Waals surface area contributed by atoms with Crippen molar-refractivity contribution in [1.82, 2.24) is 5.32 Å². The van der Waals surface area contributed by atoms with Crippen LogP contribution in [0.5, 0.6) is 5.75 Å². The van der Waals surface area contributed by atoms with E-state index in [0.717, 1.165) is 16.9 Å². The lowest BCUT2D eigenvalue weighted by atomic mass is 10.00. The average molecular weight is 325 g/mol. The molecule has 2 rings (SSSR count). The average Bonchev–Trinajstić information content (AvgIpc) is 2.55. The molecule has 1 atom stereocenters. The van der Waals surface area contributed by atoms with Crippen molar-refractivity contribution in [2.45, 2.75) is 46.6 Å². The standard InChI is InChI=1S/C21H27NO2/c1-14(2)18-8-6-7-9-20(18)24-13-21(23)22-17(5)19-12-15(3)10-11-16(19)4/h6-12,14,17H,13H2,1-5H3,(H,22,23). The molecular weight excluding hydrogens is 298 g/mol. The number of rotatable bonds is 6. The Morgan fingerprint density at radius 1 is 1.04 bits per heavy atom. The lowest BCUT2D eigenvalue weighted by Gasteiger charge is -2.18. The smallest absolute Gasteiger partial charge is 0.258 e. The molecule has 0 bridgehead atoms. The molecule has 1 amide bonds. The summed E-state index contributed by atoms with van der Waals surface area (Å²) in [4.78, 5) is 12.2. The first kappa shape index (κ1) is 18.1. The van der Waals surface area contributed by atoms with E-state index >= 15 is 0 Å². The van der Waals surface area contributed by atoms with Crippen LogP contribution in [-0.2, 0) is 4.79 Å². The molecule has 3 heteroatoms. The van der Waals surface area contributed by atoms with Gasteiger partial charge in [0.25, 0.3) is 5.91 Å². The van der Waals surface area contributed by atoms with Crippen LogP contribution in [0.4, 0.5) is 0 Å². The van der Waals surface area contributed by atoms with Crippen LogP contribution in [0.1, 0.15) is 55.0 Å². The highest BCUT2D eigenvalue weighted by molar-refractivity contribution is 5.78. The summed E-state index contributed by atoms with van der Waals surface area (Å²) in [6, 6.07) is 14.1. The Morgan fingerprint density at radius 2 is 1.75 bits per heavy atom. The Kier molecular flexibility index (Phi) is 6.02. The van der Waals surface area contributed by atoms with Gasteiger partial charge in [-0.2, -0.15) is 0 Å². The van der Waals surface area contributed by atoms with Gasteiger partial charge in [0.05, 0.1) is 6.04 Å². The predicted molar refractivity (Wildman–Crippen MR) is 98.5 cm³/mol. The van der Waals surface area contributed by atoms with E-state index in [1.54, 1.807) is 0 Å². The molecule has 1 unspecified atom stereocenters. The molecule has 128 valence electrons. The van der Waals surface area contributed by atoms with Gasteiger partial charge in [0.15, 0.2) is 6.61 Å². The van der Waals surface area contributed by atoms with Crippen LogP contribution >= 0.6 is 0 Å². The topological polar surface area (TPSA) is 38.3 Å². The van der Waals surface area contributed by atoms with E-state index in [-0.39, 0.29) is 18.6 Å². The summed E-state index contributed by atoms with van der Waals surface area (Å²) in [7, 11) is 0. The van der Waals surface area contributed by atoms with Gasteiger partial charge in [-0.1, -0.05) is 55.8 Å². The van der Waals surface area contributed by atoms with Crippen molar-refractivity contribution in [3.05, 3.63) is 64.7 Å². The second kappa shape index (κ2) is 8.00. The molecule has 0 saturated carbocycles. The van der Waals surface area contributed by atoms with Gasteiger partial charge in [0, 0.05) is 0 Å². The van der Waals surface area contributed by atoms with Crippen LogP contribution < -0.4 is 10.1 Å². The number of carbonyl (C=O) groups is 1. The molecule has 0 heterocycles. The second-order valence-corrected chi connectivity index (χ2v) is 6.63. The first-order valence-corrected chi connectivity index (χ1v) is 8.46. The van der Waals surface area contributed by atoms with Gasteiger partial charge in [-0.25, -0.2) is 0 Å². The van der Waals surface area contributed by atoms with Crippen molar-refractivity contribution in [3.63, 3.8) is 0 Å². The monoisotopic (exact) mass is 325 g/mol. The third-order valence-corrected chi connectivity index (χ3v) is 4.18. The van der Waals surface area contributed by atoms with Crippen molar-refractivity contribution < 1.29 is 9.53 Å². The van der Waals surface area contributed by atoms with Gasteiger partial charge in [-0.3, -0.25) is 4.79 Å². The maximum atomic E-state index is 12.2. The van der Waals surface area contributed by atoms with E-state index < -0.39 is 0 Å². The van der Waals surface area contributed by atoms with E-state index in [9.17, 15) is 4.79 Å². The third kappa shape index (κ3) is 4.60. The highest BCUT2D eigenvalue weighted by Gasteiger charge is 2.13. The molecule has 0 fully saturated rings. The van der Waals surface area contributed by atoms with E-state index in [2.05, 4.69) is 51.2 Å². The lowest BCUT2D eigenvalue weighted by molar-refractivity contribution is -0.123. The number of aryl methyl sites for hydroxylation is 2. The molecule has 0 saturated heterocycles. The third-order valence-electron chi connectivity index (χ3n) is 4.18. The van der Waals surface area contributed by atoms with Gasteiger partial charge >= 0.3 is 0 Å². The number of ether oxygens (including phenoxy) is 1. The van der Waals surface area contributed by atoms with Crippen molar-refractivity contribution >= 4 is 5.91 Å². The molecule has 2 aromatic carbocycles. The van der Waals surface area contributed by atoms with Crippen LogP contribution in [0.2, 0.25) is 0 Å². The minimum atomic E-state index is -0.109. The quantitative estimate of drug-likeness (QED) is 0.837. The Morgan fingerprint density at radius 3 is 2.46 bits per heavy atom. The molecule has 0 aliphatic carbocycles. The summed E-state index contributed by atoms with van der Waals surface area (Å²) in [5, 5.41) is 3.02. The molecule has 0 aromatic heterocycles. The van der Waals surface area contributed by atoms with Gasteiger partial charge < -0.3 is 10.1 Å². The predicted octanol–water partition coefficient (Wildman–Crippen LogP) is 4.68. The first-order valence-electron chi connectivity index (χ1n) is 8.46. The van der Waals surface area contributed by atoms with E-state index in [1.807, 2.05) is 31.2 Å². The van der Waals surface area contributed by atoms with Crippen LogP contribution in [0.25, 0.3) is 0 Å². The summed E-state index contributed by atoms with van der Waals surface area (Å²) in [5.41, 5.74) is 4.64. The van der Waals surface area contributed by atoms with Crippen molar-refractivity contribution in [1.29, 1.82) is 0 Å². The van der Waals surface area contributed by atoms with E-state index in [0.29, 0.717) is 5.92 Å². The minimum absolute atomic E-state index is 0.0267. The van der Waals surface area contributed by atoms with Crippen LogP contribution in [0.15, 0.2) is 42.5 Å². The molecule has 3 nitrogen and oxygen atoms in total. The summed E-state index contributed by atoms with van der Waals surface area (Å²) in [5.74, 6) is 1.03. The van der Waals surface area contributed by atoms with E-state index in [4.69, 9.17) is 4.74 Å². The zero-order valence-corrected chi connectivity index (χ0v) is 15.2. The maximum Gasteiger partial charge on any atom is 0.258 e.